The molecule has 0 saturated carbocycles. The minimum atomic E-state index is 0.677. The van der Waals surface area contributed by atoms with Crippen molar-refractivity contribution in [3.05, 3.63) is 35.9 Å². The van der Waals surface area contributed by atoms with Gasteiger partial charge in [0.1, 0.15) is 0 Å². The van der Waals surface area contributed by atoms with Crippen molar-refractivity contribution < 1.29 is 0 Å². The van der Waals surface area contributed by atoms with Gasteiger partial charge in [-0.2, -0.15) is 0 Å². The monoisotopic (exact) mass is 247 g/mol. The topological polar surface area (TPSA) is 12.0 Å². The molecule has 0 aliphatic heterocycles. The van der Waals surface area contributed by atoms with Crippen molar-refractivity contribution in [2.75, 3.05) is 13.1 Å². The average molecular weight is 247 g/mol. The summed E-state index contributed by atoms with van der Waals surface area (Å²) >= 11 is 0. The largest absolute Gasteiger partial charge is 0.316 e. The summed E-state index contributed by atoms with van der Waals surface area (Å²) in [5, 5.41) is 3.57. The Morgan fingerprint density at radius 2 is 1.78 bits per heavy atom. The summed E-state index contributed by atoms with van der Waals surface area (Å²) in [6, 6.07) is 11.0. The SMILES string of the molecule is CCCNCC(CCCC(C)C)c1ccccc1. The van der Waals surface area contributed by atoms with E-state index in [1.165, 1.54) is 31.2 Å². The fourth-order valence-corrected chi connectivity index (χ4v) is 2.34. The molecule has 1 nitrogen and oxygen atoms in total. The Balaban J connectivity index is 2.47. The molecule has 0 heterocycles. The summed E-state index contributed by atoms with van der Waals surface area (Å²) in [4.78, 5) is 0. The van der Waals surface area contributed by atoms with Crippen LogP contribution in [0.1, 0.15) is 57.9 Å². The number of benzene rings is 1. The highest BCUT2D eigenvalue weighted by Crippen LogP contribution is 2.22. The maximum atomic E-state index is 3.57. The molecule has 1 atom stereocenters. The Bertz CT molecular complexity index is 292. The molecule has 1 N–H and O–H groups in total. The molecule has 18 heavy (non-hydrogen) atoms. The van der Waals surface area contributed by atoms with E-state index in [0.717, 1.165) is 19.0 Å². The fourth-order valence-electron chi connectivity index (χ4n) is 2.34. The molecule has 1 unspecified atom stereocenters. The van der Waals surface area contributed by atoms with Gasteiger partial charge in [0, 0.05) is 6.54 Å². The van der Waals surface area contributed by atoms with Gasteiger partial charge in [-0.1, -0.05) is 63.9 Å². The van der Waals surface area contributed by atoms with E-state index in [9.17, 15) is 0 Å². The van der Waals surface area contributed by atoms with Crippen LogP contribution in [-0.2, 0) is 0 Å². The van der Waals surface area contributed by atoms with E-state index in [4.69, 9.17) is 0 Å². The van der Waals surface area contributed by atoms with Gasteiger partial charge in [-0.05, 0) is 36.8 Å². The molecule has 102 valence electrons. The molecule has 0 aliphatic carbocycles. The van der Waals surface area contributed by atoms with E-state index in [1.807, 2.05) is 0 Å². The van der Waals surface area contributed by atoms with Crippen molar-refractivity contribution in [3.8, 4) is 0 Å². The Kier molecular flexibility index (Phi) is 7.75. The number of hydrogen-bond donors (Lipinski definition) is 1. The molecule has 1 heteroatoms. The molecular weight excluding hydrogens is 218 g/mol. The van der Waals surface area contributed by atoms with Crippen LogP contribution >= 0.6 is 0 Å². The van der Waals surface area contributed by atoms with Gasteiger partial charge in [0.05, 0.1) is 0 Å². The first-order valence-electron chi connectivity index (χ1n) is 7.49. The highest BCUT2D eigenvalue weighted by molar-refractivity contribution is 5.19. The lowest BCUT2D eigenvalue weighted by molar-refractivity contribution is 0.480. The first-order valence-corrected chi connectivity index (χ1v) is 7.49. The Morgan fingerprint density at radius 3 is 2.39 bits per heavy atom. The van der Waals surface area contributed by atoms with Crippen molar-refractivity contribution >= 4 is 0 Å². The average Bonchev–Trinajstić information content (AvgIpc) is 2.38. The lowest BCUT2D eigenvalue weighted by Gasteiger charge is -2.18. The quantitative estimate of drug-likeness (QED) is 0.629. The van der Waals surface area contributed by atoms with Crippen LogP contribution in [0.4, 0.5) is 0 Å². The van der Waals surface area contributed by atoms with E-state index in [1.54, 1.807) is 0 Å². The summed E-state index contributed by atoms with van der Waals surface area (Å²) in [5.74, 6) is 1.50. The van der Waals surface area contributed by atoms with Crippen LogP contribution in [0.5, 0.6) is 0 Å². The number of nitrogens with one attached hydrogen (secondary N) is 1. The minimum Gasteiger partial charge on any atom is -0.316 e. The summed E-state index contributed by atoms with van der Waals surface area (Å²) in [7, 11) is 0. The highest BCUT2D eigenvalue weighted by Gasteiger charge is 2.10. The molecule has 0 bridgehead atoms. The molecule has 0 radical (unpaired) electrons. The van der Waals surface area contributed by atoms with Crippen LogP contribution in [0.2, 0.25) is 0 Å². The van der Waals surface area contributed by atoms with Crippen LogP contribution in [0.25, 0.3) is 0 Å². The van der Waals surface area contributed by atoms with Crippen molar-refractivity contribution in [2.24, 2.45) is 5.92 Å². The van der Waals surface area contributed by atoms with Gasteiger partial charge >= 0.3 is 0 Å². The molecule has 0 aromatic heterocycles. The standard InChI is InChI=1S/C17H29N/c1-4-13-18-14-17(12-8-9-15(2)3)16-10-6-5-7-11-16/h5-7,10-11,15,17-18H,4,8-9,12-14H2,1-3H3. The first-order chi connectivity index (χ1) is 8.74. The molecule has 0 amide bonds. The zero-order valence-corrected chi connectivity index (χ0v) is 12.3. The predicted octanol–water partition coefficient (Wildman–Crippen LogP) is 4.60. The van der Waals surface area contributed by atoms with Gasteiger partial charge in [-0.25, -0.2) is 0 Å². The van der Waals surface area contributed by atoms with E-state index < -0.39 is 0 Å². The van der Waals surface area contributed by atoms with Crippen LogP contribution in [0.3, 0.4) is 0 Å². The normalized spacial score (nSPS) is 12.9. The lowest BCUT2D eigenvalue weighted by Crippen LogP contribution is -2.22. The summed E-state index contributed by atoms with van der Waals surface area (Å²) in [6.45, 7) is 9.10. The van der Waals surface area contributed by atoms with Crippen LogP contribution in [0.15, 0.2) is 30.3 Å². The van der Waals surface area contributed by atoms with Crippen molar-refractivity contribution in [2.45, 2.75) is 52.4 Å². The van der Waals surface area contributed by atoms with Crippen LogP contribution in [-0.4, -0.2) is 13.1 Å². The number of rotatable bonds is 9. The molecular formula is C17H29N. The first kappa shape index (κ1) is 15.2. The second kappa shape index (κ2) is 9.16. The zero-order valence-electron chi connectivity index (χ0n) is 12.3. The third-order valence-corrected chi connectivity index (χ3v) is 3.42. The second-order valence-electron chi connectivity index (χ2n) is 5.64. The van der Waals surface area contributed by atoms with Crippen LogP contribution in [0, 0.1) is 5.92 Å². The molecule has 0 fully saturated rings. The maximum absolute atomic E-state index is 3.57. The zero-order chi connectivity index (χ0) is 13.2. The van der Waals surface area contributed by atoms with E-state index in [0.29, 0.717) is 5.92 Å². The highest BCUT2D eigenvalue weighted by atomic mass is 14.8. The summed E-state index contributed by atoms with van der Waals surface area (Å²) < 4.78 is 0. The van der Waals surface area contributed by atoms with Gasteiger partial charge < -0.3 is 5.32 Å². The Hall–Kier alpha value is -0.820. The molecule has 0 aliphatic rings. The van der Waals surface area contributed by atoms with Gasteiger partial charge in [-0.15, -0.1) is 0 Å². The maximum Gasteiger partial charge on any atom is 0.00201 e. The van der Waals surface area contributed by atoms with Crippen molar-refractivity contribution in [1.29, 1.82) is 0 Å². The molecule has 0 saturated heterocycles. The molecule has 1 aromatic carbocycles. The third kappa shape index (κ3) is 6.20. The summed E-state index contributed by atoms with van der Waals surface area (Å²) in [5.41, 5.74) is 1.49. The predicted molar refractivity (Wildman–Crippen MR) is 81.0 cm³/mol. The number of hydrogen-bond acceptors (Lipinski definition) is 1. The second-order valence-corrected chi connectivity index (χ2v) is 5.64. The lowest BCUT2D eigenvalue weighted by atomic mass is 9.92. The van der Waals surface area contributed by atoms with Gasteiger partial charge in [0.15, 0.2) is 0 Å². The van der Waals surface area contributed by atoms with E-state index >= 15 is 0 Å². The molecule has 0 spiro atoms. The fraction of sp³-hybridized carbons (Fsp3) is 0.647. The van der Waals surface area contributed by atoms with Gasteiger partial charge in [-0.3, -0.25) is 0 Å². The van der Waals surface area contributed by atoms with E-state index in [2.05, 4.69) is 56.4 Å². The smallest absolute Gasteiger partial charge is 0.00201 e. The van der Waals surface area contributed by atoms with E-state index in [-0.39, 0.29) is 0 Å². The van der Waals surface area contributed by atoms with Crippen molar-refractivity contribution in [3.63, 3.8) is 0 Å². The van der Waals surface area contributed by atoms with Crippen molar-refractivity contribution in [1.82, 2.24) is 5.32 Å². The summed E-state index contributed by atoms with van der Waals surface area (Å²) in [6.07, 6.45) is 5.20. The third-order valence-electron chi connectivity index (χ3n) is 3.42. The van der Waals surface area contributed by atoms with Gasteiger partial charge in [0.25, 0.3) is 0 Å². The Labute approximate surface area is 113 Å². The Morgan fingerprint density at radius 1 is 1.06 bits per heavy atom. The molecule has 1 rings (SSSR count). The van der Waals surface area contributed by atoms with Crippen LogP contribution < -0.4 is 5.32 Å². The van der Waals surface area contributed by atoms with Gasteiger partial charge in [0.2, 0.25) is 0 Å². The minimum absolute atomic E-state index is 0.677. The molecule has 1 aromatic rings.